The molecule has 0 radical (unpaired) electrons. The van der Waals surface area contributed by atoms with Crippen molar-refractivity contribution in [2.24, 2.45) is 5.10 Å². The fourth-order valence-electron chi connectivity index (χ4n) is 3.32. The van der Waals surface area contributed by atoms with Crippen molar-refractivity contribution in [3.63, 3.8) is 0 Å². The molecule has 0 atom stereocenters. The summed E-state index contributed by atoms with van der Waals surface area (Å²) in [6.07, 6.45) is 2.65. The second-order valence-corrected chi connectivity index (χ2v) is 9.21. The minimum Gasteiger partial charge on any atom is -0.490 e. The predicted octanol–water partition coefficient (Wildman–Crippen LogP) is 5.38. The van der Waals surface area contributed by atoms with E-state index in [4.69, 9.17) is 25.8 Å². The highest BCUT2D eigenvalue weighted by atomic mass is 79.9. The molecule has 0 saturated carbocycles. The fraction of sp³-hybridized carbons (Fsp3) is 0.360. The van der Waals surface area contributed by atoms with Gasteiger partial charge in [-0.25, -0.2) is 9.78 Å². The maximum Gasteiger partial charge on any atom is 0.344 e. The lowest BCUT2D eigenvalue weighted by Crippen LogP contribution is -2.22. The minimum atomic E-state index is -0.512. The normalized spacial score (nSPS) is 11.4. The number of carbonyl (C=O) groups excluding carboxylic acids is 1. The predicted molar refractivity (Wildman–Crippen MR) is 140 cm³/mol. The molecule has 0 spiro atoms. The highest BCUT2D eigenvalue weighted by molar-refractivity contribution is 9.10. The third kappa shape index (κ3) is 6.82. The van der Waals surface area contributed by atoms with Crippen LogP contribution in [0.5, 0.6) is 11.5 Å². The first-order chi connectivity index (χ1) is 16.7. The van der Waals surface area contributed by atoms with Crippen molar-refractivity contribution in [1.82, 2.24) is 9.66 Å². The molecule has 10 heteroatoms. The van der Waals surface area contributed by atoms with E-state index in [9.17, 15) is 9.59 Å². The van der Waals surface area contributed by atoms with E-state index in [-0.39, 0.29) is 29.0 Å². The number of hydrogen-bond acceptors (Lipinski definition) is 7. The Labute approximate surface area is 217 Å². The molecule has 3 aromatic rings. The summed E-state index contributed by atoms with van der Waals surface area (Å²) in [7, 11) is 0. The van der Waals surface area contributed by atoms with E-state index >= 15 is 0 Å². The lowest BCUT2D eigenvalue weighted by molar-refractivity contribution is -0.149. The van der Waals surface area contributed by atoms with Crippen LogP contribution in [-0.4, -0.2) is 41.2 Å². The van der Waals surface area contributed by atoms with Gasteiger partial charge in [0.1, 0.15) is 5.82 Å². The van der Waals surface area contributed by atoms with E-state index < -0.39 is 5.97 Å². The van der Waals surface area contributed by atoms with Crippen molar-refractivity contribution in [1.29, 1.82) is 0 Å². The average Bonchev–Trinajstić information content (AvgIpc) is 2.79. The fourth-order valence-corrected chi connectivity index (χ4v) is 3.95. The average molecular weight is 565 g/mol. The zero-order valence-corrected chi connectivity index (χ0v) is 22.4. The number of fused-ring (bicyclic) bond motifs is 1. The standard InChI is InChI=1S/C25H27BrClN3O5/c1-5-7-22-29-20-9-8-17(26)12-18(20)25(32)30(22)28-13-16-10-19(27)24(21(11-16)33-6-2)34-14-23(31)35-15(3)4/h8-13,15H,5-7,14H2,1-4H3. The number of carbonyl (C=O) groups is 1. The highest BCUT2D eigenvalue weighted by Gasteiger charge is 2.16. The van der Waals surface area contributed by atoms with E-state index in [1.54, 1.807) is 38.1 Å². The molecule has 0 fully saturated rings. The second-order valence-electron chi connectivity index (χ2n) is 7.89. The molecular weight excluding hydrogens is 538 g/mol. The van der Waals surface area contributed by atoms with Crippen LogP contribution in [0.4, 0.5) is 0 Å². The van der Waals surface area contributed by atoms with Gasteiger partial charge >= 0.3 is 5.97 Å². The molecular formula is C25H27BrClN3O5. The Morgan fingerprint density at radius 1 is 1.23 bits per heavy atom. The van der Waals surface area contributed by atoms with E-state index in [1.165, 1.54) is 10.9 Å². The molecule has 0 aliphatic heterocycles. The van der Waals surface area contributed by atoms with Crippen LogP contribution >= 0.6 is 27.5 Å². The molecule has 1 aromatic heterocycles. The second kappa shape index (κ2) is 12.2. The number of rotatable bonds is 10. The maximum atomic E-state index is 13.2. The molecule has 0 amide bonds. The maximum absolute atomic E-state index is 13.2. The van der Waals surface area contributed by atoms with Crippen LogP contribution in [-0.2, 0) is 16.0 Å². The van der Waals surface area contributed by atoms with Crippen LogP contribution in [0, 0.1) is 0 Å². The van der Waals surface area contributed by atoms with Gasteiger partial charge in [0, 0.05) is 10.9 Å². The van der Waals surface area contributed by atoms with Crippen molar-refractivity contribution in [2.75, 3.05) is 13.2 Å². The topological polar surface area (TPSA) is 92.0 Å². The molecule has 0 aliphatic rings. The van der Waals surface area contributed by atoms with Crippen LogP contribution in [0.2, 0.25) is 5.02 Å². The number of nitrogens with zero attached hydrogens (tertiary/aromatic N) is 3. The Bertz CT molecular complexity index is 1310. The smallest absolute Gasteiger partial charge is 0.344 e. The van der Waals surface area contributed by atoms with Crippen molar-refractivity contribution >= 4 is 50.6 Å². The number of ether oxygens (including phenoxy) is 3. The van der Waals surface area contributed by atoms with Crippen LogP contribution in [0.1, 0.15) is 45.5 Å². The molecule has 186 valence electrons. The summed E-state index contributed by atoms with van der Waals surface area (Å²) in [6.45, 7) is 7.39. The monoisotopic (exact) mass is 563 g/mol. The number of aryl methyl sites for hydroxylation is 1. The van der Waals surface area contributed by atoms with Gasteiger partial charge in [0.2, 0.25) is 0 Å². The zero-order valence-electron chi connectivity index (χ0n) is 20.0. The first-order valence-corrected chi connectivity index (χ1v) is 12.4. The number of benzene rings is 2. The van der Waals surface area contributed by atoms with Gasteiger partial charge < -0.3 is 14.2 Å². The van der Waals surface area contributed by atoms with E-state index in [1.807, 2.05) is 19.9 Å². The summed E-state index contributed by atoms with van der Waals surface area (Å²) in [5, 5.41) is 5.12. The molecule has 0 aliphatic carbocycles. The largest absolute Gasteiger partial charge is 0.490 e. The van der Waals surface area contributed by atoms with Crippen LogP contribution in [0.15, 0.2) is 44.7 Å². The van der Waals surface area contributed by atoms with Crippen LogP contribution in [0.3, 0.4) is 0 Å². The Hall–Kier alpha value is -2.91. The van der Waals surface area contributed by atoms with Crippen LogP contribution in [0.25, 0.3) is 10.9 Å². The number of aromatic nitrogens is 2. The number of esters is 1. The van der Waals surface area contributed by atoms with Gasteiger partial charge in [0.15, 0.2) is 18.1 Å². The SMILES string of the molecule is CCCc1nc2ccc(Br)cc2c(=O)n1N=Cc1cc(Cl)c(OCC(=O)OC(C)C)c(OCC)c1. The van der Waals surface area contributed by atoms with Gasteiger partial charge in [-0.1, -0.05) is 34.5 Å². The number of halogens is 2. The van der Waals surface area contributed by atoms with Crippen molar-refractivity contribution in [2.45, 2.75) is 46.6 Å². The summed E-state index contributed by atoms with van der Waals surface area (Å²) in [6, 6.07) is 8.68. The Balaban J connectivity index is 1.97. The molecule has 0 N–H and O–H groups in total. The molecule has 3 rings (SSSR count). The third-order valence-electron chi connectivity index (χ3n) is 4.70. The van der Waals surface area contributed by atoms with Crippen molar-refractivity contribution < 1.29 is 19.0 Å². The van der Waals surface area contributed by atoms with Crippen LogP contribution < -0.4 is 15.0 Å². The molecule has 0 saturated heterocycles. The van der Waals surface area contributed by atoms with Crippen molar-refractivity contribution in [3.8, 4) is 11.5 Å². The lowest BCUT2D eigenvalue weighted by Gasteiger charge is -2.15. The summed E-state index contributed by atoms with van der Waals surface area (Å²) in [5.74, 6) is 0.624. The lowest BCUT2D eigenvalue weighted by atomic mass is 10.2. The summed E-state index contributed by atoms with van der Waals surface area (Å²) in [4.78, 5) is 29.7. The Morgan fingerprint density at radius 3 is 2.69 bits per heavy atom. The molecule has 2 aromatic carbocycles. The van der Waals surface area contributed by atoms with Gasteiger partial charge in [-0.05, 0) is 63.1 Å². The van der Waals surface area contributed by atoms with Gasteiger partial charge in [-0.3, -0.25) is 4.79 Å². The highest BCUT2D eigenvalue weighted by Crippen LogP contribution is 2.36. The third-order valence-corrected chi connectivity index (χ3v) is 5.48. The van der Waals surface area contributed by atoms with Crippen molar-refractivity contribution in [3.05, 3.63) is 61.6 Å². The van der Waals surface area contributed by atoms with Gasteiger partial charge in [0.05, 0.1) is 34.9 Å². The van der Waals surface area contributed by atoms with Gasteiger partial charge in [-0.15, -0.1) is 0 Å². The summed E-state index contributed by atoms with van der Waals surface area (Å²) < 4.78 is 18.4. The molecule has 1 heterocycles. The first kappa shape index (κ1) is 26.7. The number of hydrogen-bond donors (Lipinski definition) is 0. The first-order valence-electron chi connectivity index (χ1n) is 11.3. The van der Waals surface area contributed by atoms with Gasteiger partial charge in [0.25, 0.3) is 5.56 Å². The summed E-state index contributed by atoms with van der Waals surface area (Å²) >= 11 is 9.85. The van der Waals surface area contributed by atoms with E-state index in [2.05, 4.69) is 26.0 Å². The zero-order chi connectivity index (χ0) is 25.5. The minimum absolute atomic E-state index is 0.229. The molecule has 0 unspecified atom stereocenters. The quantitative estimate of drug-likeness (QED) is 0.243. The molecule has 35 heavy (non-hydrogen) atoms. The van der Waals surface area contributed by atoms with E-state index in [0.717, 1.165) is 10.9 Å². The van der Waals surface area contributed by atoms with E-state index in [0.29, 0.717) is 41.1 Å². The van der Waals surface area contributed by atoms with Gasteiger partial charge in [-0.2, -0.15) is 9.78 Å². The molecule has 0 bridgehead atoms. The Kier molecular flexibility index (Phi) is 9.28. The Morgan fingerprint density at radius 2 is 2.00 bits per heavy atom. The summed E-state index contributed by atoms with van der Waals surface area (Å²) in [5.41, 5.74) is 0.933. The molecule has 8 nitrogen and oxygen atoms in total.